The van der Waals surface area contributed by atoms with E-state index < -0.39 is 17.6 Å². The highest BCUT2D eigenvalue weighted by atomic mass is 28.5. The summed E-state index contributed by atoms with van der Waals surface area (Å²) in [6, 6.07) is 1.51. The smallest absolute Gasteiger partial charge is 0.377 e. The second-order valence-corrected chi connectivity index (χ2v) is 22.8. The van der Waals surface area contributed by atoms with Crippen LogP contribution in [0.25, 0.3) is 0 Å². The standard InChI is InChI=1S/C46H100N2O5Si2/c1-7-9-11-13-15-17-19-21-23-25-27-29-31-33-35-37-41-47-43-39-45-54(49-3,50-4)53-55(51-5,52-6)46-40-44-48-42-38-36-34-32-30-28-26-24-22-20-18-16-14-12-10-8-2/h47-48H,7-46H2,1-6H3. The molecule has 0 spiro atoms. The van der Waals surface area contributed by atoms with Crippen molar-refractivity contribution in [3.8, 4) is 0 Å². The zero-order valence-corrected chi connectivity index (χ0v) is 40.3. The van der Waals surface area contributed by atoms with Crippen molar-refractivity contribution < 1.29 is 21.8 Å². The maximum absolute atomic E-state index is 6.64. The third-order valence-corrected chi connectivity index (χ3v) is 18.6. The molecule has 7 nitrogen and oxygen atoms in total. The summed E-state index contributed by atoms with van der Waals surface area (Å²) in [7, 11) is 1.05. The fourth-order valence-corrected chi connectivity index (χ4v) is 14.2. The van der Waals surface area contributed by atoms with Gasteiger partial charge in [-0.15, -0.1) is 0 Å². The summed E-state index contributed by atoms with van der Waals surface area (Å²) in [5.74, 6) is 0. The molecule has 0 radical (unpaired) electrons. The van der Waals surface area contributed by atoms with Gasteiger partial charge in [0.25, 0.3) is 0 Å². The van der Waals surface area contributed by atoms with Crippen molar-refractivity contribution >= 4 is 17.6 Å². The molecule has 0 aromatic carbocycles. The molecule has 0 unspecified atom stereocenters. The highest BCUT2D eigenvalue weighted by Crippen LogP contribution is 2.26. The van der Waals surface area contributed by atoms with Crippen LogP contribution in [-0.4, -0.2) is 72.2 Å². The predicted molar refractivity (Wildman–Crippen MR) is 244 cm³/mol. The number of rotatable bonds is 48. The lowest BCUT2D eigenvalue weighted by atomic mass is 10.0. The molecule has 0 heterocycles. The Hall–Kier alpha value is 0.154. The third-order valence-electron chi connectivity index (χ3n) is 11.6. The molecule has 0 saturated carbocycles. The molecule has 9 heteroatoms. The minimum atomic E-state index is -2.90. The highest BCUT2D eigenvalue weighted by molar-refractivity contribution is 6.75. The average molecular weight is 817 g/mol. The van der Waals surface area contributed by atoms with Gasteiger partial charge in [0.2, 0.25) is 0 Å². The van der Waals surface area contributed by atoms with Crippen LogP contribution in [0.4, 0.5) is 0 Å². The van der Waals surface area contributed by atoms with Crippen LogP contribution in [0.3, 0.4) is 0 Å². The first kappa shape index (κ1) is 55.2. The molecule has 0 fully saturated rings. The van der Waals surface area contributed by atoms with Crippen LogP contribution in [0.2, 0.25) is 12.1 Å². The number of hydrogen-bond donors (Lipinski definition) is 2. The molecule has 0 aromatic heterocycles. The summed E-state index contributed by atoms with van der Waals surface area (Å²) in [5.41, 5.74) is 0. The monoisotopic (exact) mass is 817 g/mol. The van der Waals surface area contributed by atoms with Gasteiger partial charge in [0.1, 0.15) is 0 Å². The van der Waals surface area contributed by atoms with Crippen molar-refractivity contribution in [1.29, 1.82) is 0 Å². The van der Waals surface area contributed by atoms with Crippen LogP contribution in [0.15, 0.2) is 0 Å². The summed E-state index contributed by atoms with van der Waals surface area (Å²) in [4.78, 5) is 0. The van der Waals surface area contributed by atoms with Crippen LogP contribution in [-0.2, 0) is 21.8 Å². The fourth-order valence-electron chi connectivity index (χ4n) is 7.79. The Kier molecular flexibility index (Phi) is 43.8. The van der Waals surface area contributed by atoms with Gasteiger partial charge in [-0.25, -0.2) is 0 Å². The van der Waals surface area contributed by atoms with Crippen LogP contribution in [0.1, 0.15) is 232 Å². The maximum atomic E-state index is 6.64. The first-order chi connectivity index (χ1) is 27.1. The van der Waals surface area contributed by atoms with Crippen molar-refractivity contribution in [2.24, 2.45) is 0 Å². The Bertz CT molecular complexity index is 672. The molecule has 0 atom stereocenters. The van der Waals surface area contributed by atoms with Crippen molar-refractivity contribution in [2.75, 3.05) is 54.6 Å². The minimum absolute atomic E-state index is 0.755. The molecule has 0 aliphatic heterocycles. The van der Waals surface area contributed by atoms with Gasteiger partial charge in [-0.3, -0.25) is 0 Å². The second-order valence-electron chi connectivity index (χ2n) is 16.6. The van der Waals surface area contributed by atoms with Crippen LogP contribution >= 0.6 is 0 Å². The van der Waals surface area contributed by atoms with E-state index >= 15 is 0 Å². The van der Waals surface area contributed by atoms with Gasteiger partial charge in [0.15, 0.2) is 0 Å². The van der Waals surface area contributed by atoms with Crippen LogP contribution in [0, 0.1) is 0 Å². The third kappa shape index (κ3) is 35.8. The minimum Gasteiger partial charge on any atom is -0.377 e. The summed E-state index contributed by atoms with van der Waals surface area (Å²) in [6.07, 6.45) is 46.9. The van der Waals surface area contributed by atoms with Gasteiger partial charge >= 0.3 is 17.6 Å². The molecule has 55 heavy (non-hydrogen) atoms. The number of hydrogen-bond acceptors (Lipinski definition) is 7. The predicted octanol–water partition coefficient (Wildman–Crippen LogP) is 13.9. The molecule has 0 bridgehead atoms. The fraction of sp³-hybridized carbons (Fsp3) is 1.00. The van der Waals surface area contributed by atoms with Crippen LogP contribution in [0.5, 0.6) is 0 Å². The van der Waals surface area contributed by atoms with Crippen molar-refractivity contribution in [3.63, 3.8) is 0 Å². The second kappa shape index (κ2) is 43.7. The van der Waals surface area contributed by atoms with E-state index in [-0.39, 0.29) is 0 Å². The molecular weight excluding hydrogens is 717 g/mol. The Balaban J connectivity index is 3.86. The molecule has 332 valence electrons. The number of unbranched alkanes of at least 4 members (excludes halogenated alkanes) is 30. The largest absolute Gasteiger partial charge is 0.493 e. The maximum Gasteiger partial charge on any atom is 0.493 e. The molecule has 0 aromatic rings. The van der Waals surface area contributed by atoms with E-state index in [9.17, 15) is 0 Å². The topological polar surface area (TPSA) is 70.2 Å². The van der Waals surface area contributed by atoms with E-state index in [1.165, 1.54) is 205 Å². The van der Waals surface area contributed by atoms with E-state index in [2.05, 4.69) is 24.5 Å². The average Bonchev–Trinajstić information content (AvgIpc) is 3.21. The Labute approximate surface area is 347 Å². The van der Waals surface area contributed by atoms with Gasteiger partial charge in [-0.2, -0.15) is 0 Å². The van der Waals surface area contributed by atoms with Crippen LogP contribution < -0.4 is 10.6 Å². The van der Waals surface area contributed by atoms with Gasteiger partial charge in [0, 0.05) is 40.5 Å². The molecule has 0 rings (SSSR count). The zero-order valence-electron chi connectivity index (χ0n) is 38.3. The van der Waals surface area contributed by atoms with Crippen molar-refractivity contribution in [1.82, 2.24) is 10.6 Å². The van der Waals surface area contributed by atoms with E-state index in [0.717, 1.165) is 51.1 Å². The summed E-state index contributed by atoms with van der Waals surface area (Å²) in [5, 5.41) is 7.27. The first-order valence-corrected chi connectivity index (χ1v) is 28.3. The van der Waals surface area contributed by atoms with E-state index in [1.807, 2.05) is 0 Å². The van der Waals surface area contributed by atoms with E-state index in [1.54, 1.807) is 28.4 Å². The lowest BCUT2D eigenvalue weighted by Crippen LogP contribution is -2.57. The normalized spacial score (nSPS) is 12.3. The molecule has 0 aliphatic rings. The van der Waals surface area contributed by atoms with Gasteiger partial charge in [0.05, 0.1) is 0 Å². The van der Waals surface area contributed by atoms with Gasteiger partial charge in [-0.05, 0) is 51.9 Å². The van der Waals surface area contributed by atoms with Gasteiger partial charge in [-0.1, -0.05) is 206 Å². The summed E-state index contributed by atoms with van der Waals surface area (Å²) in [6.45, 7) is 8.64. The molecule has 0 aliphatic carbocycles. The lowest BCUT2D eigenvalue weighted by Gasteiger charge is -2.35. The lowest BCUT2D eigenvalue weighted by molar-refractivity contribution is 0.0859. The summed E-state index contributed by atoms with van der Waals surface area (Å²) >= 11 is 0. The Morgan fingerprint density at radius 2 is 0.473 bits per heavy atom. The Morgan fingerprint density at radius 3 is 0.691 bits per heavy atom. The Morgan fingerprint density at radius 1 is 0.273 bits per heavy atom. The molecular formula is C46H100N2O5Si2. The molecule has 2 N–H and O–H groups in total. The van der Waals surface area contributed by atoms with E-state index in [0.29, 0.717) is 0 Å². The summed E-state index contributed by atoms with van der Waals surface area (Å²) < 4.78 is 30.5. The highest BCUT2D eigenvalue weighted by Gasteiger charge is 2.51. The SMILES string of the molecule is CCCCCCCCCCCCCCCCCCNCCC[Si](OC)(OC)O[Si](CCCNCCCCCCCCCCCCCCCCCC)(OC)OC. The molecule has 0 saturated heterocycles. The molecule has 0 amide bonds. The van der Waals surface area contributed by atoms with Crippen molar-refractivity contribution in [2.45, 2.75) is 244 Å². The zero-order chi connectivity index (χ0) is 40.2. The number of nitrogens with one attached hydrogen (secondary N) is 2. The quantitative estimate of drug-likeness (QED) is 0.0468. The first-order valence-electron chi connectivity index (χ1n) is 24.4. The van der Waals surface area contributed by atoms with Gasteiger partial charge < -0.3 is 32.5 Å². The van der Waals surface area contributed by atoms with Crippen molar-refractivity contribution in [3.05, 3.63) is 0 Å². The van der Waals surface area contributed by atoms with E-state index in [4.69, 9.17) is 21.8 Å².